The minimum absolute atomic E-state index is 0.384. The summed E-state index contributed by atoms with van der Waals surface area (Å²) in [6.45, 7) is 2.07. The van der Waals surface area contributed by atoms with Crippen LogP contribution in [-0.2, 0) is 6.42 Å². The van der Waals surface area contributed by atoms with Gasteiger partial charge in [0.25, 0.3) is 5.24 Å². The molecule has 1 rings (SSSR count). The van der Waals surface area contributed by atoms with Crippen LogP contribution in [0.2, 0.25) is 0 Å². The Balaban J connectivity index is 3.30. The van der Waals surface area contributed by atoms with Crippen LogP contribution in [0.25, 0.3) is 0 Å². The number of hydrogen-bond donors (Lipinski definition) is 0. The molecule has 0 spiro atoms. The quantitative estimate of drug-likeness (QED) is 0.745. The van der Waals surface area contributed by atoms with Crippen LogP contribution in [0, 0.1) is 0 Å². The van der Waals surface area contributed by atoms with E-state index in [0.717, 1.165) is 18.4 Å². The summed E-state index contributed by atoms with van der Waals surface area (Å²) in [6, 6.07) is 3.28. The largest absolute Gasteiger partial charge is 0.496 e. The zero-order chi connectivity index (χ0) is 12.1. The molecule has 16 heavy (non-hydrogen) atoms. The molecule has 0 radical (unpaired) electrons. The van der Waals surface area contributed by atoms with Crippen molar-refractivity contribution in [2.24, 2.45) is 0 Å². The van der Waals surface area contributed by atoms with Crippen LogP contribution in [0.5, 0.6) is 11.5 Å². The number of carbonyl (C=O) groups excluding carboxylic acids is 1. The molecule has 0 bridgehead atoms. The minimum atomic E-state index is -0.514. The fourth-order valence-electron chi connectivity index (χ4n) is 1.59. The Morgan fingerprint density at radius 3 is 2.06 bits per heavy atom. The Bertz CT molecular complexity index is 363. The first kappa shape index (κ1) is 12.8. The second-order valence-electron chi connectivity index (χ2n) is 3.38. The summed E-state index contributed by atoms with van der Waals surface area (Å²) in [7, 11) is 3.13. The van der Waals surface area contributed by atoms with E-state index in [1.807, 2.05) is 0 Å². The second kappa shape index (κ2) is 5.75. The van der Waals surface area contributed by atoms with E-state index in [0.29, 0.717) is 17.1 Å². The van der Waals surface area contributed by atoms with Gasteiger partial charge in [-0.25, -0.2) is 0 Å². The van der Waals surface area contributed by atoms with E-state index >= 15 is 0 Å². The molecule has 0 aromatic heterocycles. The maximum absolute atomic E-state index is 11.1. The summed E-state index contributed by atoms with van der Waals surface area (Å²) in [6.07, 6.45) is 1.81. The van der Waals surface area contributed by atoms with E-state index in [2.05, 4.69) is 6.92 Å². The number of hydrogen-bond acceptors (Lipinski definition) is 3. The Morgan fingerprint density at radius 2 is 1.75 bits per heavy atom. The van der Waals surface area contributed by atoms with E-state index in [4.69, 9.17) is 21.1 Å². The van der Waals surface area contributed by atoms with Gasteiger partial charge in [0, 0.05) is 11.1 Å². The Kier molecular flexibility index (Phi) is 4.62. The van der Waals surface area contributed by atoms with Crippen LogP contribution in [0.3, 0.4) is 0 Å². The van der Waals surface area contributed by atoms with Crippen LogP contribution in [0.4, 0.5) is 0 Å². The van der Waals surface area contributed by atoms with Gasteiger partial charge in [0.15, 0.2) is 0 Å². The van der Waals surface area contributed by atoms with Gasteiger partial charge >= 0.3 is 0 Å². The predicted octanol–water partition coefficient (Wildman–Crippen LogP) is 3.04. The van der Waals surface area contributed by atoms with Crippen molar-refractivity contribution >= 4 is 16.8 Å². The molecule has 0 atom stereocenters. The Labute approximate surface area is 100 Å². The maximum Gasteiger partial charge on any atom is 0.252 e. The lowest BCUT2D eigenvalue weighted by Crippen LogP contribution is -2.00. The van der Waals surface area contributed by atoms with Crippen molar-refractivity contribution in [1.29, 1.82) is 0 Å². The molecule has 0 aliphatic rings. The lowest BCUT2D eigenvalue weighted by molar-refractivity contribution is 0.108. The molecular weight excluding hydrogens is 228 g/mol. The van der Waals surface area contributed by atoms with Crippen molar-refractivity contribution in [3.63, 3.8) is 0 Å². The zero-order valence-electron chi connectivity index (χ0n) is 9.67. The third kappa shape index (κ3) is 2.67. The molecule has 4 heteroatoms. The third-order valence-electron chi connectivity index (χ3n) is 2.33. The molecule has 0 amide bonds. The van der Waals surface area contributed by atoms with Gasteiger partial charge in [-0.05, 0) is 30.2 Å². The average Bonchev–Trinajstić information content (AvgIpc) is 2.29. The second-order valence-corrected chi connectivity index (χ2v) is 3.73. The monoisotopic (exact) mass is 242 g/mol. The highest BCUT2D eigenvalue weighted by atomic mass is 35.5. The molecule has 1 aromatic rings. The Morgan fingerprint density at radius 1 is 1.25 bits per heavy atom. The third-order valence-corrected chi connectivity index (χ3v) is 2.55. The molecule has 0 N–H and O–H groups in total. The fourth-order valence-corrected chi connectivity index (χ4v) is 1.70. The highest BCUT2D eigenvalue weighted by Gasteiger charge is 2.14. The Hall–Kier alpha value is -1.22. The lowest BCUT2D eigenvalue weighted by atomic mass is 10.0. The van der Waals surface area contributed by atoms with E-state index < -0.39 is 5.24 Å². The van der Waals surface area contributed by atoms with Crippen LogP contribution in [0.15, 0.2) is 12.1 Å². The molecule has 1 aromatic carbocycles. The van der Waals surface area contributed by atoms with Crippen molar-refractivity contribution in [3.8, 4) is 11.5 Å². The lowest BCUT2D eigenvalue weighted by Gasteiger charge is -2.13. The highest BCUT2D eigenvalue weighted by molar-refractivity contribution is 6.67. The molecule has 0 fully saturated rings. The molecule has 0 heterocycles. The molecule has 0 saturated heterocycles. The number of benzene rings is 1. The smallest absolute Gasteiger partial charge is 0.252 e. The SMILES string of the molecule is CCCc1c(OC)cc(C(=O)Cl)cc1OC. The molecule has 3 nitrogen and oxygen atoms in total. The summed E-state index contributed by atoms with van der Waals surface area (Å²) in [5, 5.41) is -0.514. The van der Waals surface area contributed by atoms with Crippen molar-refractivity contribution in [1.82, 2.24) is 0 Å². The minimum Gasteiger partial charge on any atom is -0.496 e. The first-order valence-electron chi connectivity index (χ1n) is 5.08. The van der Waals surface area contributed by atoms with Gasteiger partial charge in [0.1, 0.15) is 11.5 Å². The van der Waals surface area contributed by atoms with Gasteiger partial charge in [-0.2, -0.15) is 0 Å². The predicted molar refractivity (Wildman–Crippen MR) is 63.7 cm³/mol. The van der Waals surface area contributed by atoms with Gasteiger partial charge < -0.3 is 9.47 Å². The number of rotatable bonds is 5. The average molecular weight is 243 g/mol. The van der Waals surface area contributed by atoms with Crippen LogP contribution < -0.4 is 9.47 Å². The van der Waals surface area contributed by atoms with E-state index in [-0.39, 0.29) is 0 Å². The molecule has 0 aliphatic carbocycles. The van der Waals surface area contributed by atoms with E-state index in [1.54, 1.807) is 26.4 Å². The molecule has 88 valence electrons. The van der Waals surface area contributed by atoms with Crippen LogP contribution in [0.1, 0.15) is 29.3 Å². The number of methoxy groups -OCH3 is 2. The van der Waals surface area contributed by atoms with Crippen molar-refractivity contribution in [2.75, 3.05) is 14.2 Å². The molecular formula is C12H15ClO3. The summed E-state index contributed by atoms with van der Waals surface area (Å²) in [5.41, 5.74) is 1.35. The van der Waals surface area contributed by atoms with E-state index in [1.165, 1.54) is 0 Å². The van der Waals surface area contributed by atoms with Crippen molar-refractivity contribution in [3.05, 3.63) is 23.3 Å². The fraction of sp³-hybridized carbons (Fsp3) is 0.417. The molecule has 0 aliphatic heterocycles. The van der Waals surface area contributed by atoms with Gasteiger partial charge in [-0.3, -0.25) is 4.79 Å². The van der Waals surface area contributed by atoms with Crippen LogP contribution in [-0.4, -0.2) is 19.5 Å². The zero-order valence-corrected chi connectivity index (χ0v) is 10.4. The standard InChI is InChI=1S/C12H15ClO3/c1-4-5-9-10(15-2)6-8(12(13)14)7-11(9)16-3/h6-7H,4-5H2,1-3H3. The number of carbonyl (C=O) groups is 1. The molecule has 0 unspecified atom stereocenters. The van der Waals surface area contributed by atoms with Crippen LogP contribution >= 0.6 is 11.6 Å². The topological polar surface area (TPSA) is 35.5 Å². The number of halogens is 1. The van der Waals surface area contributed by atoms with Gasteiger partial charge in [0.05, 0.1) is 14.2 Å². The van der Waals surface area contributed by atoms with Gasteiger partial charge in [-0.1, -0.05) is 13.3 Å². The van der Waals surface area contributed by atoms with Gasteiger partial charge in [0.2, 0.25) is 0 Å². The first-order chi connectivity index (χ1) is 7.63. The van der Waals surface area contributed by atoms with Crippen molar-refractivity contribution < 1.29 is 14.3 Å². The van der Waals surface area contributed by atoms with E-state index in [9.17, 15) is 4.79 Å². The summed E-state index contributed by atoms with van der Waals surface area (Å²) >= 11 is 5.44. The maximum atomic E-state index is 11.1. The summed E-state index contributed by atoms with van der Waals surface area (Å²) < 4.78 is 10.5. The highest BCUT2D eigenvalue weighted by Crippen LogP contribution is 2.32. The van der Waals surface area contributed by atoms with Gasteiger partial charge in [-0.15, -0.1) is 0 Å². The summed E-state index contributed by atoms with van der Waals surface area (Å²) in [5.74, 6) is 1.29. The molecule has 0 saturated carbocycles. The normalized spacial score (nSPS) is 10.0. The summed E-state index contributed by atoms with van der Waals surface area (Å²) in [4.78, 5) is 11.1. The first-order valence-corrected chi connectivity index (χ1v) is 5.46. The van der Waals surface area contributed by atoms with Crippen molar-refractivity contribution in [2.45, 2.75) is 19.8 Å². The number of ether oxygens (including phenoxy) is 2.